The summed E-state index contributed by atoms with van der Waals surface area (Å²) in [6.07, 6.45) is 3.65. The Morgan fingerprint density at radius 3 is 2.85 bits per heavy atom. The topological polar surface area (TPSA) is 162 Å². The quantitative estimate of drug-likeness (QED) is 0.510. The summed E-state index contributed by atoms with van der Waals surface area (Å²) in [5.41, 5.74) is 5.76. The molecule has 2 atom stereocenters. The Bertz CT molecular complexity index is 1060. The summed E-state index contributed by atoms with van der Waals surface area (Å²) < 4.78 is 1.33. The van der Waals surface area contributed by atoms with Gasteiger partial charge in [-0.15, -0.1) is 0 Å². The molecule has 2 aromatic rings. The van der Waals surface area contributed by atoms with Gasteiger partial charge in [-0.2, -0.15) is 5.26 Å². The van der Waals surface area contributed by atoms with Crippen LogP contribution in [0.5, 0.6) is 0 Å². The van der Waals surface area contributed by atoms with Crippen molar-refractivity contribution < 1.29 is 14.4 Å². The van der Waals surface area contributed by atoms with Crippen LogP contribution in [-0.2, 0) is 9.59 Å². The number of amides is 3. The van der Waals surface area contributed by atoms with E-state index in [1.165, 1.54) is 10.9 Å². The summed E-state index contributed by atoms with van der Waals surface area (Å²) in [5, 5.41) is 14.7. The molecule has 1 aliphatic heterocycles. The standard InChI is InChI=1S/C21H29N9O3/c1-14-4-9-29(18(32)3-6-22)12-16(14)28(2)19-15-5-10-30(20(15)27-13-26-19)21(33)25-11-17(31)24-8-7-23/h5,10,13-14,16H,3-4,7-9,11-12,23H2,1-2H3,(H,24,31)(H,25,33)/t14-,16+/m1/s1. The fraction of sp³-hybridized carbons (Fsp3) is 0.524. The van der Waals surface area contributed by atoms with Gasteiger partial charge in [-0.25, -0.2) is 14.8 Å². The number of fused-ring (bicyclic) bond motifs is 1. The average molecular weight is 456 g/mol. The van der Waals surface area contributed by atoms with Crippen molar-refractivity contribution in [1.29, 1.82) is 5.26 Å². The van der Waals surface area contributed by atoms with Crippen LogP contribution in [0.4, 0.5) is 10.6 Å². The molecule has 4 N–H and O–H groups in total. The number of nitrogens with one attached hydrogen (secondary N) is 2. The lowest BCUT2D eigenvalue weighted by molar-refractivity contribution is -0.131. The molecule has 2 aromatic heterocycles. The molecule has 33 heavy (non-hydrogen) atoms. The van der Waals surface area contributed by atoms with E-state index < -0.39 is 6.03 Å². The number of carbonyl (C=O) groups excluding carboxylic acids is 3. The third-order valence-corrected chi connectivity index (χ3v) is 5.88. The Kier molecular flexibility index (Phi) is 7.78. The van der Waals surface area contributed by atoms with Crippen LogP contribution in [-0.4, -0.2) is 83.1 Å². The van der Waals surface area contributed by atoms with Gasteiger partial charge in [0, 0.05) is 39.4 Å². The van der Waals surface area contributed by atoms with Crippen molar-refractivity contribution in [2.45, 2.75) is 25.8 Å². The maximum Gasteiger partial charge on any atom is 0.327 e. The van der Waals surface area contributed by atoms with Crippen LogP contribution in [0.3, 0.4) is 0 Å². The van der Waals surface area contributed by atoms with Crippen molar-refractivity contribution in [1.82, 2.24) is 30.1 Å². The molecule has 0 saturated carbocycles. The number of nitrogens with two attached hydrogens (primary N) is 1. The number of piperidine rings is 1. The summed E-state index contributed by atoms with van der Waals surface area (Å²) in [6.45, 7) is 3.72. The minimum absolute atomic E-state index is 0.0112. The van der Waals surface area contributed by atoms with Gasteiger partial charge >= 0.3 is 6.03 Å². The van der Waals surface area contributed by atoms with Crippen molar-refractivity contribution in [3.8, 4) is 6.07 Å². The first-order valence-corrected chi connectivity index (χ1v) is 10.8. The Morgan fingerprint density at radius 2 is 2.12 bits per heavy atom. The minimum atomic E-state index is -0.487. The number of anilines is 1. The fourth-order valence-electron chi connectivity index (χ4n) is 4.01. The first-order chi connectivity index (χ1) is 15.9. The molecule has 0 aliphatic carbocycles. The SMILES string of the molecule is C[C@@H]1CCN(C(=O)CC#N)C[C@@H]1N(C)c1ncnc2c1ccn2C(=O)NCC(=O)NCCN. The number of nitriles is 1. The lowest BCUT2D eigenvalue weighted by atomic mass is 9.92. The van der Waals surface area contributed by atoms with Gasteiger partial charge in [-0.1, -0.05) is 6.92 Å². The molecule has 12 heteroatoms. The Hall–Kier alpha value is -3.72. The summed E-state index contributed by atoms with van der Waals surface area (Å²) in [6, 6.07) is 3.17. The number of rotatable bonds is 7. The van der Waals surface area contributed by atoms with Gasteiger partial charge in [0.25, 0.3) is 0 Å². The van der Waals surface area contributed by atoms with E-state index in [0.29, 0.717) is 48.9 Å². The highest BCUT2D eigenvalue weighted by atomic mass is 16.2. The zero-order valence-corrected chi connectivity index (χ0v) is 18.8. The molecule has 1 saturated heterocycles. The van der Waals surface area contributed by atoms with Crippen LogP contribution < -0.4 is 21.3 Å². The van der Waals surface area contributed by atoms with E-state index in [4.69, 9.17) is 11.0 Å². The highest BCUT2D eigenvalue weighted by molar-refractivity contribution is 5.95. The number of nitrogens with zero attached hydrogens (tertiary/aromatic N) is 6. The van der Waals surface area contributed by atoms with Crippen LogP contribution in [0.15, 0.2) is 18.6 Å². The number of likely N-dealkylation sites (tertiary alicyclic amines) is 1. The second-order valence-electron chi connectivity index (χ2n) is 8.04. The first-order valence-electron chi connectivity index (χ1n) is 10.8. The van der Waals surface area contributed by atoms with Gasteiger partial charge in [-0.05, 0) is 18.4 Å². The van der Waals surface area contributed by atoms with Crippen molar-refractivity contribution in [2.24, 2.45) is 11.7 Å². The van der Waals surface area contributed by atoms with Crippen LogP contribution in [0.1, 0.15) is 19.8 Å². The molecule has 1 aliphatic rings. The van der Waals surface area contributed by atoms with Crippen molar-refractivity contribution in [2.75, 3.05) is 44.7 Å². The predicted molar refractivity (Wildman–Crippen MR) is 121 cm³/mol. The van der Waals surface area contributed by atoms with E-state index in [1.807, 2.05) is 18.0 Å². The van der Waals surface area contributed by atoms with Crippen molar-refractivity contribution >= 4 is 34.7 Å². The molecule has 0 unspecified atom stereocenters. The third-order valence-electron chi connectivity index (χ3n) is 5.88. The number of likely N-dealkylation sites (N-methyl/N-ethyl adjacent to an activating group) is 1. The summed E-state index contributed by atoms with van der Waals surface area (Å²) in [5.74, 6) is 0.429. The number of aromatic nitrogens is 3. The number of carbonyl (C=O) groups is 3. The Morgan fingerprint density at radius 1 is 1.33 bits per heavy atom. The van der Waals surface area contributed by atoms with Gasteiger partial charge < -0.3 is 26.2 Å². The molecule has 0 spiro atoms. The molecule has 1 fully saturated rings. The molecular weight excluding hydrogens is 426 g/mol. The zero-order valence-electron chi connectivity index (χ0n) is 18.8. The molecule has 12 nitrogen and oxygen atoms in total. The van der Waals surface area contributed by atoms with Crippen LogP contribution in [0.25, 0.3) is 11.0 Å². The Labute approximate surface area is 191 Å². The zero-order chi connectivity index (χ0) is 24.0. The maximum absolute atomic E-state index is 12.6. The maximum atomic E-state index is 12.6. The van der Waals surface area contributed by atoms with Gasteiger partial charge in [-0.3, -0.25) is 14.2 Å². The van der Waals surface area contributed by atoms with Gasteiger partial charge in [0.05, 0.1) is 24.0 Å². The van der Waals surface area contributed by atoms with Crippen LogP contribution >= 0.6 is 0 Å². The highest BCUT2D eigenvalue weighted by Gasteiger charge is 2.32. The molecule has 0 bridgehead atoms. The van der Waals surface area contributed by atoms with Crippen molar-refractivity contribution in [3.05, 3.63) is 18.6 Å². The van der Waals surface area contributed by atoms with E-state index >= 15 is 0 Å². The second-order valence-corrected chi connectivity index (χ2v) is 8.04. The third kappa shape index (κ3) is 5.38. The second kappa shape index (κ2) is 10.7. The molecule has 176 valence electrons. The predicted octanol–water partition coefficient (Wildman–Crippen LogP) is -0.349. The molecule has 3 amide bonds. The molecule has 3 heterocycles. The molecule has 0 radical (unpaired) electrons. The van der Waals surface area contributed by atoms with Crippen LogP contribution in [0, 0.1) is 17.2 Å². The van der Waals surface area contributed by atoms with Gasteiger partial charge in [0.1, 0.15) is 18.6 Å². The van der Waals surface area contributed by atoms with Crippen molar-refractivity contribution in [3.63, 3.8) is 0 Å². The van der Waals surface area contributed by atoms with E-state index in [2.05, 4.69) is 27.5 Å². The normalized spacial score (nSPS) is 17.9. The smallest absolute Gasteiger partial charge is 0.327 e. The molecular formula is C21H29N9O3. The van der Waals surface area contributed by atoms with Crippen LogP contribution in [0.2, 0.25) is 0 Å². The Balaban J connectivity index is 1.78. The minimum Gasteiger partial charge on any atom is -0.354 e. The number of hydrogen-bond donors (Lipinski definition) is 3. The lowest BCUT2D eigenvalue weighted by Gasteiger charge is -2.42. The van der Waals surface area contributed by atoms with Gasteiger partial charge in [0.2, 0.25) is 11.8 Å². The fourth-order valence-corrected chi connectivity index (χ4v) is 4.01. The van der Waals surface area contributed by atoms with E-state index in [-0.39, 0.29) is 30.8 Å². The molecule has 0 aromatic carbocycles. The number of hydrogen-bond acceptors (Lipinski definition) is 8. The summed E-state index contributed by atoms with van der Waals surface area (Å²) >= 11 is 0. The summed E-state index contributed by atoms with van der Waals surface area (Å²) in [4.78, 5) is 49.0. The lowest BCUT2D eigenvalue weighted by Crippen LogP contribution is -2.52. The molecule has 3 rings (SSSR count). The highest BCUT2D eigenvalue weighted by Crippen LogP contribution is 2.29. The monoisotopic (exact) mass is 455 g/mol. The van der Waals surface area contributed by atoms with E-state index in [1.54, 1.807) is 17.2 Å². The summed E-state index contributed by atoms with van der Waals surface area (Å²) in [7, 11) is 1.90. The van der Waals surface area contributed by atoms with E-state index in [0.717, 1.165) is 6.42 Å². The average Bonchev–Trinajstić information content (AvgIpc) is 3.25. The largest absolute Gasteiger partial charge is 0.354 e. The first kappa shape index (κ1) is 23.9. The van der Waals surface area contributed by atoms with E-state index in [9.17, 15) is 14.4 Å². The van der Waals surface area contributed by atoms with Gasteiger partial charge in [0.15, 0.2) is 5.65 Å².